The van der Waals surface area contributed by atoms with E-state index in [2.05, 4.69) is 10.3 Å². The number of amides is 1. The second kappa shape index (κ2) is 8.04. The zero-order valence-electron chi connectivity index (χ0n) is 16.7. The average molecular weight is 417 g/mol. The van der Waals surface area contributed by atoms with Crippen LogP contribution in [-0.4, -0.2) is 29.0 Å². The number of esters is 1. The molecule has 0 aliphatic carbocycles. The first kappa shape index (κ1) is 19.7. The Bertz CT molecular complexity index is 1280. The van der Waals surface area contributed by atoms with E-state index in [4.69, 9.17) is 9.72 Å². The lowest BCUT2D eigenvalue weighted by Gasteiger charge is -2.11. The minimum atomic E-state index is -0.471. The van der Waals surface area contributed by atoms with Crippen molar-refractivity contribution in [3.8, 4) is 11.3 Å². The summed E-state index contributed by atoms with van der Waals surface area (Å²) in [5.41, 5.74) is 4.51. The molecule has 1 amide bonds. The Labute approximate surface area is 177 Å². The normalized spacial score (nSPS) is 10.8. The van der Waals surface area contributed by atoms with Crippen LogP contribution in [0.4, 0.5) is 5.13 Å². The van der Waals surface area contributed by atoms with Crippen molar-refractivity contribution in [2.24, 2.45) is 0 Å². The molecule has 1 N–H and O–H groups in total. The second-order valence-electron chi connectivity index (χ2n) is 6.77. The lowest BCUT2D eigenvalue weighted by atomic mass is 10.0. The Morgan fingerprint density at radius 2 is 1.73 bits per heavy atom. The number of para-hydroxylation sites is 1. The summed E-state index contributed by atoms with van der Waals surface area (Å²) in [5.74, 6) is -0.782. The van der Waals surface area contributed by atoms with Gasteiger partial charge < -0.3 is 4.74 Å². The number of benzene rings is 2. The summed E-state index contributed by atoms with van der Waals surface area (Å²) < 4.78 is 4.76. The molecule has 0 saturated heterocycles. The van der Waals surface area contributed by atoms with E-state index >= 15 is 0 Å². The number of pyridine rings is 1. The van der Waals surface area contributed by atoms with E-state index in [-0.39, 0.29) is 5.91 Å². The Morgan fingerprint density at radius 3 is 2.50 bits per heavy atom. The number of hydrogen-bond acceptors (Lipinski definition) is 6. The van der Waals surface area contributed by atoms with E-state index in [0.717, 1.165) is 39.1 Å². The molecule has 150 valence electrons. The number of anilines is 1. The van der Waals surface area contributed by atoms with Crippen LogP contribution in [0, 0.1) is 13.8 Å². The minimum absolute atomic E-state index is 0.311. The molecule has 0 fully saturated rings. The standard InChI is InChI=1S/C23H19N3O3S/c1-13-8-4-5-9-15(13)19-12-17(16-10-6-7-11-18(16)25-19)21(27)26-23-24-14(2)20(30-23)22(28)29-3/h4-12H,1-3H3,(H,24,26,27). The first-order valence-corrected chi connectivity index (χ1v) is 10.1. The molecule has 2 aromatic heterocycles. The van der Waals surface area contributed by atoms with Crippen molar-refractivity contribution in [3.05, 3.63) is 76.3 Å². The van der Waals surface area contributed by atoms with Gasteiger partial charge in [-0.3, -0.25) is 10.1 Å². The van der Waals surface area contributed by atoms with Gasteiger partial charge in [0.1, 0.15) is 4.88 Å². The quantitative estimate of drug-likeness (QED) is 0.472. The van der Waals surface area contributed by atoms with Crippen molar-refractivity contribution in [3.63, 3.8) is 0 Å². The maximum Gasteiger partial charge on any atom is 0.350 e. The topological polar surface area (TPSA) is 81.2 Å². The SMILES string of the molecule is COC(=O)c1sc(NC(=O)c2cc(-c3ccccc3C)nc3ccccc23)nc1C. The average Bonchev–Trinajstić information content (AvgIpc) is 3.12. The maximum absolute atomic E-state index is 13.2. The number of thiazole rings is 1. The predicted octanol–water partition coefficient (Wildman–Crippen LogP) is 5.01. The summed E-state index contributed by atoms with van der Waals surface area (Å²) in [6, 6.07) is 17.2. The molecule has 0 unspecified atom stereocenters. The lowest BCUT2D eigenvalue weighted by molar-refractivity contribution is 0.0605. The Hall–Kier alpha value is -3.58. The molecule has 2 aromatic carbocycles. The number of methoxy groups -OCH3 is 1. The van der Waals surface area contributed by atoms with Crippen molar-refractivity contribution in [2.75, 3.05) is 12.4 Å². The molecule has 30 heavy (non-hydrogen) atoms. The predicted molar refractivity (Wildman–Crippen MR) is 118 cm³/mol. The van der Waals surface area contributed by atoms with Crippen molar-refractivity contribution in [1.29, 1.82) is 0 Å². The zero-order chi connectivity index (χ0) is 21.3. The molecule has 0 radical (unpaired) electrons. The molecule has 0 aliphatic rings. The van der Waals surface area contributed by atoms with Gasteiger partial charge in [-0.2, -0.15) is 0 Å². The third kappa shape index (κ3) is 3.67. The van der Waals surface area contributed by atoms with Crippen molar-refractivity contribution in [1.82, 2.24) is 9.97 Å². The second-order valence-corrected chi connectivity index (χ2v) is 7.77. The Kier molecular flexibility index (Phi) is 5.29. The summed E-state index contributed by atoms with van der Waals surface area (Å²) in [6.45, 7) is 3.72. The molecule has 0 spiro atoms. The summed E-state index contributed by atoms with van der Waals surface area (Å²) >= 11 is 1.09. The minimum Gasteiger partial charge on any atom is -0.465 e. The molecular weight excluding hydrogens is 398 g/mol. The van der Waals surface area contributed by atoms with E-state index in [9.17, 15) is 9.59 Å². The number of carbonyl (C=O) groups excluding carboxylic acids is 2. The first-order chi connectivity index (χ1) is 14.5. The number of nitrogens with zero attached hydrogens (tertiary/aromatic N) is 2. The Balaban J connectivity index is 1.77. The summed E-state index contributed by atoms with van der Waals surface area (Å²) in [6.07, 6.45) is 0. The molecule has 4 aromatic rings. The van der Waals surface area contributed by atoms with E-state index in [1.807, 2.05) is 55.5 Å². The third-order valence-corrected chi connectivity index (χ3v) is 5.82. The largest absolute Gasteiger partial charge is 0.465 e. The van der Waals surface area contributed by atoms with Crippen LogP contribution < -0.4 is 5.32 Å². The van der Waals surface area contributed by atoms with Crippen LogP contribution in [0.15, 0.2) is 54.6 Å². The van der Waals surface area contributed by atoms with Crippen LogP contribution in [0.2, 0.25) is 0 Å². The maximum atomic E-state index is 13.2. The zero-order valence-corrected chi connectivity index (χ0v) is 17.5. The van der Waals surface area contributed by atoms with Crippen molar-refractivity contribution < 1.29 is 14.3 Å². The highest BCUT2D eigenvalue weighted by molar-refractivity contribution is 7.17. The molecule has 6 nitrogen and oxygen atoms in total. The third-order valence-electron chi connectivity index (χ3n) is 4.77. The van der Waals surface area contributed by atoms with Crippen LogP contribution >= 0.6 is 11.3 Å². The Morgan fingerprint density at radius 1 is 1.00 bits per heavy atom. The fourth-order valence-electron chi connectivity index (χ4n) is 3.26. The van der Waals surface area contributed by atoms with Gasteiger partial charge in [0, 0.05) is 10.9 Å². The number of aromatic nitrogens is 2. The van der Waals surface area contributed by atoms with Gasteiger partial charge in [0.25, 0.3) is 5.91 Å². The smallest absolute Gasteiger partial charge is 0.350 e. The van der Waals surface area contributed by atoms with Gasteiger partial charge in [-0.15, -0.1) is 0 Å². The van der Waals surface area contributed by atoms with E-state index in [1.54, 1.807) is 13.0 Å². The summed E-state index contributed by atoms with van der Waals surface area (Å²) in [4.78, 5) is 34.4. The van der Waals surface area contributed by atoms with Crippen LogP contribution in [-0.2, 0) is 4.74 Å². The number of carbonyl (C=O) groups is 2. The van der Waals surface area contributed by atoms with Crippen LogP contribution in [0.25, 0.3) is 22.2 Å². The van der Waals surface area contributed by atoms with Gasteiger partial charge in [0.15, 0.2) is 5.13 Å². The monoisotopic (exact) mass is 417 g/mol. The van der Waals surface area contributed by atoms with Crippen molar-refractivity contribution >= 4 is 39.2 Å². The first-order valence-electron chi connectivity index (χ1n) is 9.31. The number of rotatable bonds is 4. The molecule has 0 saturated carbocycles. The van der Waals surface area contributed by atoms with Crippen LogP contribution in [0.1, 0.15) is 31.3 Å². The van der Waals surface area contributed by atoms with Gasteiger partial charge in [0.2, 0.25) is 0 Å². The van der Waals surface area contributed by atoms with Gasteiger partial charge >= 0.3 is 5.97 Å². The van der Waals surface area contributed by atoms with Crippen LogP contribution in [0.5, 0.6) is 0 Å². The highest BCUT2D eigenvalue weighted by Gasteiger charge is 2.19. The van der Waals surface area contributed by atoms with E-state index < -0.39 is 5.97 Å². The molecule has 0 atom stereocenters. The number of hydrogen-bond donors (Lipinski definition) is 1. The summed E-state index contributed by atoms with van der Waals surface area (Å²) in [7, 11) is 1.32. The van der Waals surface area contributed by atoms with Gasteiger partial charge in [-0.25, -0.2) is 14.8 Å². The molecule has 2 heterocycles. The van der Waals surface area contributed by atoms with Crippen LogP contribution in [0.3, 0.4) is 0 Å². The highest BCUT2D eigenvalue weighted by atomic mass is 32.1. The van der Waals surface area contributed by atoms with E-state index in [1.165, 1.54) is 7.11 Å². The number of nitrogens with one attached hydrogen (secondary N) is 1. The number of fused-ring (bicyclic) bond motifs is 1. The van der Waals surface area contributed by atoms with Gasteiger partial charge in [0.05, 0.1) is 29.6 Å². The van der Waals surface area contributed by atoms with E-state index in [0.29, 0.717) is 21.3 Å². The van der Waals surface area contributed by atoms with Gasteiger partial charge in [-0.05, 0) is 31.5 Å². The van der Waals surface area contributed by atoms with Crippen molar-refractivity contribution in [2.45, 2.75) is 13.8 Å². The molecule has 0 aliphatic heterocycles. The molecule has 7 heteroatoms. The lowest BCUT2D eigenvalue weighted by Crippen LogP contribution is -2.13. The molecular formula is C23H19N3O3S. The number of aryl methyl sites for hydroxylation is 2. The fraction of sp³-hybridized carbons (Fsp3) is 0.130. The van der Waals surface area contributed by atoms with Gasteiger partial charge in [-0.1, -0.05) is 53.8 Å². The fourth-order valence-corrected chi connectivity index (χ4v) is 4.14. The molecule has 4 rings (SSSR count). The highest BCUT2D eigenvalue weighted by Crippen LogP contribution is 2.29. The molecule has 0 bridgehead atoms. The number of ether oxygens (including phenoxy) is 1. The summed E-state index contributed by atoms with van der Waals surface area (Å²) in [5, 5.41) is 3.90.